The first kappa shape index (κ1) is 12.8. The topological polar surface area (TPSA) is 110 Å². The zero-order valence-corrected chi connectivity index (χ0v) is 10.6. The fraction of sp³-hybridized carbons (Fsp3) is 0.273. The van der Waals surface area contributed by atoms with Crippen LogP contribution in [0.15, 0.2) is 15.2 Å². The SMILES string of the molecule is CC(=Cc1nc2c([nH]1)c(=O)n(C)c(=O)n2C)C(=O)O. The minimum absolute atomic E-state index is 0.0703. The Balaban J connectivity index is 2.79. The first-order chi connectivity index (χ1) is 8.82. The molecule has 0 saturated carbocycles. The highest BCUT2D eigenvalue weighted by atomic mass is 16.4. The van der Waals surface area contributed by atoms with E-state index in [-0.39, 0.29) is 22.6 Å². The van der Waals surface area contributed by atoms with Crippen molar-refractivity contribution < 1.29 is 9.90 Å². The van der Waals surface area contributed by atoms with Gasteiger partial charge in [0.1, 0.15) is 11.3 Å². The van der Waals surface area contributed by atoms with Crippen molar-refractivity contribution in [1.29, 1.82) is 0 Å². The quantitative estimate of drug-likeness (QED) is 0.707. The number of hydrogen-bond acceptors (Lipinski definition) is 4. The number of aliphatic carboxylic acids is 1. The van der Waals surface area contributed by atoms with E-state index in [0.717, 1.165) is 4.57 Å². The standard InChI is InChI=1S/C11H12N4O4/c1-5(10(17)18)4-6-12-7-8(13-6)14(2)11(19)15(3)9(7)16/h4H,1-3H3,(H,12,13)(H,17,18). The molecule has 2 aromatic heterocycles. The predicted octanol–water partition coefficient (Wildman–Crippen LogP) is -0.552. The second-order valence-corrected chi connectivity index (χ2v) is 4.16. The van der Waals surface area contributed by atoms with Gasteiger partial charge in [-0.15, -0.1) is 0 Å². The van der Waals surface area contributed by atoms with Crippen LogP contribution in [0.2, 0.25) is 0 Å². The van der Waals surface area contributed by atoms with Crippen LogP contribution >= 0.6 is 0 Å². The minimum Gasteiger partial charge on any atom is -0.478 e. The Morgan fingerprint density at radius 1 is 1.32 bits per heavy atom. The van der Waals surface area contributed by atoms with Gasteiger partial charge in [-0.1, -0.05) is 0 Å². The Kier molecular flexibility index (Phi) is 2.85. The number of nitrogens with zero attached hydrogens (tertiary/aromatic N) is 3. The summed E-state index contributed by atoms with van der Waals surface area (Å²) < 4.78 is 2.18. The average Bonchev–Trinajstić information content (AvgIpc) is 2.77. The maximum atomic E-state index is 11.9. The van der Waals surface area contributed by atoms with Gasteiger partial charge >= 0.3 is 11.7 Å². The van der Waals surface area contributed by atoms with Crippen LogP contribution in [0.3, 0.4) is 0 Å². The van der Waals surface area contributed by atoms with Gasteiger partial charge < -0.3 is 10.1 Å². The Morgan fingerprint density at radius 2 is 1.95 bits per heavy atom. The second-order valence-electron chi connectivity index (χ2n) is 4.16. The summed E-state index contributed by atoms with van der Waals surface area (Å²) in [7, 11) is 2.85. The molecule has 8 heteroatoms. The highest BCUT2D eigenvalue weighted by Gasteiger charge is 2.13. The van der Waals surface area contributed by atoms with Gasteiger partial charge in [0.25, 0.3) is 5.56 Å². The number of fused-ring (bicyclic) bond motifs is 1. The van der Waals surface area contributed by atoms with Gasteiger partial charge in [-0.2, -0.15) is 0 Å². The molecule has 2 N–H and O–H groups in total. The first-order valence-electron chi connectivity index (χ1n) is 5.40. The van der Waals surface area contributed by atoms with Crippen molar-refractivity contribution in [2.75, 3.05) is 0 Å². The number of hydrogen-bond donors (Lipinski definition) is 2. The number of H-pyrrole nitrogens is 1. The third-order valence-corrected chi connectivity index (χ3v) is 2.80. The molecule has 19 heavy (non-hydrogen) atoms. The van der Waals surface area contributed by atoms with Crippen molar-refractivity contribution in [3.8, 4) is 0 Å². The molecular formula is C11H12N4O4. The number of nitrogens with one attached hydrogen (secondary N) is 1. The molecule has 0 radical (unpaired) electrons. The van der Waals surface area contributed by atoms with Gasteiger partial charge in [-0.25, -0.2) is 14.6 Å². The first-order valence-corrected chi connectivity index (χ1v) is 5.40. The summed E-state index contributed by atoms with van der Waals surface area (Å²) in [5, 5.41) is 8.78. The van der Waals surface area contributed by atoms with Crippen LogP contribution in [0.1, 0.15) is 12.7 Å². The molecule has 0 fully saturated rings. The van der Waals surface area contributed by atoms with E-state index in [4.69, 9.17) is 5.11 Å². The molecule has 2 rings (SSSR count). The van der Waals surface area contributed by atoms with E-state index in [0.29, 0.717) is 0 Å². The van der Waals surface area contributed by atoms with E-state index in [1.54, 1.807) is 0 Å². The van der Waals surface area contributed by atoms with Crippen molar-refractivity contribution in [2.24, 2.45) is 14.1 Å². The molecule has 0 amide bonds. The third-order valence-electron chi connectivity index (χ3n) is 2.80. The lowest BCUT2D eigenvalue weighted by Gasteiger charge is -2.00. The van der Waals surface area contributed by atoms with E-state index < -0.39 is 17.2 Å². The molecule has 2 aromatic rings. The van der Waals surface area contributed by atoms with Crippen LogP contribution in [0.4, 0.5) is 0 Å². The Morgan fingerprint density at radius 3 is 2.53 bits per heavy atom. The highest BCUT2D eigenvalue weighted by molar-refractivity contribution is 5.91. The number of rotatable bonds is 2. The summed E-state index contributed by atoms with van der Waals surface area (Å²) in [5.74, 6) is -0.865. The summed E-state index contributed by atoms with van der Waals surface area (Å²) in [6.07, 6.45) is 1.30. The number of carboxylic acid groups (broad SMARTS) is 1. The van der Waals surface area contributed by atoms with Crippen molar-refractivity contribution in [2.45, 2.75) is 6.92 Å². The predicted molar refractivity (Wildman–Crippen MR) is 67.9 cm³/mol. The third kappa shape index (κ3) is 1.96. The summed E-state index contributed by atoms with van der Waals surface area (Å²) in [6.45, 7) is 1.41. The normalized spacial score (nSPS) is 12.1. The van der Waals surface area contributed by atoms with E-state index >= 15 is 0 Å². The Labute approximate surface area is 106 Å². The molecule has 100 valence electrons. The average molecular weight is 264 g/mol. The van der Waals surface area contributed by atoms with Crippen LogP contribution in [0.25, 0.3) is 17.2 Å². The maximum absolute atomic E-state index is 11.9. The number of aryl methyl sites for hydroxylation is 1. The molecule has 0 spiro atoms. The van der Waals surface area contributed by atoms with Gasteiger partial charge in [-0.05, 0) is 13.0 Å². The summed E-state index contributed by atoms with van der Waals surface area (Å²) in [4.78, 5) is 41.1. The summed E-state index contributed by atoms with van der Waals surface area (Å²) in [6, 6.07) is 0. The monoisotopic (exact) mass is 264 g/mol. The van der Waals surface area contributed by atoms with Crippen molar-refractivity contribution in [1.82, 2.24) is 19.1 Å². The molecule has 8 nitrogen and oxygen atoms in total. The van der Waals surface area contributed by atoms with Crippen LogP contribution in [-0.4, -0.2) is 30.2 Å². The molecular weight excluding hydrogens is 252 g/mol. The number of carbonyl (C=O) groups is 1. The molecule has 0 atom stereocenters. The van der Waals surface area contributed by atoms with E-state index in [9.17, 15) is 14.4 Å². The lowest BCUT2D eigenvalue weighted by atomic mass is 10.3. The largest absolute Gasteiger partial charge is 0.478 e. The van der Waals surface area contributed by atoms with Crippen molar-refractivity contribution in [3.63, 3.8) is 0 Å². The zero-order valence-electron chi connectivity index (χ0n) is 10.6. The lowest BCUT2D eigenvalue weighted by Crippen LogP contribution is -2.36. The zero-order chi connectivity index (χ0) is 14.3. The summed E-state index contributed by atoms with van der Waals surface area (Å²) >= 11 is 0. The molecule has 0 aromatic carbocycles. The van der Waals surface area contributed by atoms with Gasteiger partial charge in [0.2, 0.25) is 0 Å². The fourth-order valence-electron chi connectivity index (χ4n) is 1.68. The van der Waals surface area contributed by atoms with E-state index in [2.05, 4.69) is 9.97 Å². The van der Waals surface area contributed by atoms with Crippen LogP contribution in [0.5, 0.6) is 0 Å². The Bertz CT molecular complexity index is 822. The smallest absolute Gasteiger partial charge is 0.332 e. The highest BCUT2D eigenvalue weighted by Crippen LogP contribution is 2.08. The molecule has 0 saturated heterocycles. The van der Waals surface area contributed by atoms with Crippen molar-refractivity contribution in [3.05, 3.63) is 32.2 Å². The van der Waals surface area contributed by atoms with Gasteiger partial charge in [-0.3, -0.25) is 13.9 Å². The van der Waals surface area contributed by atoms with Gasteiger partial charge in [0.05, 0.1) is 0 Å². The fourth-order valence-corrected chi connectivity index (χ4v) is 1.68. The Hall–Kier alpha value is -2.64. The maximum Gasteiger partial charge on any atom is 0.332 e. The van der Waals surface area contributed by atoms with Crippen LogP contribution in [-0.2, 0) is 18.9 Å². The molecule has 0 unspecified atom stereocenters. The molecule has 0 aliphatic rings. The lowest BCUT2D eigenvalue weighted by molar-refractivity contribution is -0.132. The second kappa shape index (κ2) is 4.23. The minimum atomic E-state index is -1.08. The molecule has 0 aliphatic carbocycles. The molecule has 2 heterocycles. The number of aromatic nitrogens is 4. The number of aromatic amines is 1. The number of imidazole rings is 1. The van der Waals surface area contributed by atoms with Gasteiger partial charge in [0, 0.05) is 19.7 Å². The van der Waals surface area contributed by atoms with E-state index in [1.165, 1.54) is 31.7 Å². The molecule has 0 aliphatic heterocycles. The van der Waals surface area contributed by atoms with Crippen LogP contribution < -0.4 is 11.2 Å². The van der Waals surface area contributed by atoms with E-state index in [1.807, 2.05) is 0 Å². The number of carboxylic acids is 1. The van der Waals surface area contributed by atoms with Crippen LogP contribution in [0, 0.1) is 0 Å². The van der Waals surface area contributed by atoms with Gasteiger partial charge in [0.15, 0.2) is 5.65 Å². The van der Waals surface area contributed by atoms with Crippen molar-refractivity contribution >= 4 is 23.2 Å². The molecule has 0 bridgehead atoms. The summed E-state index contributed by atoms with van der Waals surface area (Å²) in [5.41, 5.74) is -0.569.